The molecule has 1 aromatic rings. The third-order valence-electron chi connectivity index (χ3n) is 4.37. The average Bonchev–Trinajstić information content (AvgIpc) is 2.61. The van der Waals surface area contributed by atoms with Crippen LogP contribution >= 0.6 is 0 Å². The Morgan fingerprint density at radius 2 is 2.13 bits per heavy atom. The van der Waals surface area contributed by atoms with E-state index in [0.717, 1.165) is 31.6 Å². The van der Waals surface area contributed by atoms with Crippen LogP contribution in [0.5, 0.6) is 0 Å². The Bertz CT molecular complexity index is 564. The zero-order chi connectivity index (χ0) is 16.1. The van der Waals surface area contributed by atoms with Crippen LogP contribution in [0.2, 0.25) is 0 Å². The molecule has 23 heavy (non-hydrogen) atoms. The van der Waals surface area contributed by atoms with Crippen molar-refractivity contribution >= 4 is 11.8 Å². The van der Waals surface area contributed by atoms with Gasteiger partial charge in [0.2, 0.25) is 0 Å². The molecule has 2 aliphatic rings. The van der Waals surface area contributed by atoms with Crippen molar-refractivity contribution in [2.75, 3.05) is 44.3 Å². The van der Waals surface area contributed by atoms with Crippen molar-refractivity contribution in [1.29, 1.82) is 0 Å². The van der Waals surface area contributed by atoms with Crippen molar-refractivity contribution in [2.24, 2.45) is 0 Å². The van der Waals surface area contributed by atoms with E-state index in [1.165, 1.54) is 6.07 Å². The minimum atomic E-state index is -0.206. The summed E-state index contributed by atoms with van der Waals surface area (Å²) in [6.07, 6.45) is 3.23. The number of urea groups is 1. The summed E-state index contributed by atoms with van der Waals surface area (Å²) in [4.78, 5) is 27.3. The first kappa shape index (κ1) is 15.8. The summed E-state index contributed by atoms with van der Waals surface area (Å²) in [7, 11) is 0. The number of carbonyl (C=O) groups excluding carboxylic acids is 1. The van der Waals surface area contributed by atoms with Gasteiger partial charge in [-0.1, -0.05) is 0 Å². The van der Waals surface area contributed by atoms with Crippen LogP contribution in [0.1, 0.15) is 19.3 Å². The molecule has 1 unspecified atom stereocenters. The minimum Gasteiger partial charge on any atom is -0.378 e. The molecule has 0 bridgehead atoms. The summed E-state index contributed by atoms with van der Waals surface area (Å²) in [6, 6.07) is 3.39. The predicted octanol–water partition coefficient (Wildman–Crippen LogP) is 0.171. The molecule has 126 valence electrons. The fraction of sp³-hybridized carbons (Fsp3) is 0.667. The molecule has 2 aliphatic heterocycles. The van der Waals surface area contributed by atoms with Gasteiger partial charge in [-0.3, -0.25) is 4.79 Å². The van der Waals surface area contributed by atoms with Crippen LogP contribution in [0, 0.1) is 0 Å². The lowest BCUT2D eigenvalue weighted by Crippen LogP contribution is -2.51. The molecular formula is C15H23N5O3. The Kier molecular flexibility index (Phi) is 5.12. The van der Waals surface area contributed by atoms with Crippen molar-refractivity contribution in [2.45, 2.75) is 25.3 Å². The molecule has 2 amide bonds. The van der Waals surface area contributed by atoms with Gasteiger partial charge in [0.1, 0.15) is 5.82 Å². The first-order valence-electron chi connectivity index (χ1n) is 8.17. The highest BCUT2D eigenvalue weighted by Gasteiger charge is 2.25. The van der Waals surface area contributed by atoms with Crippen LogP contribution in [0.15, 0.2) is 16.9 Å². The molecule has 0 aliphatic carbocycles. The quantitative estimate of drug-likeness (QED) is 0.828. The van der Waals surface area contributed by atoms with Crippen molar-refractivity contribution < 1.29 is 9.53 Å². The third-order valence-corrected chi connectivity index (χ3v) is 4.37. The highest BCUT2D eigenvalue weighted by molar-refractivity contribution is 5.74. The van der Waals surface area contributed by atoms with Crippen LogP contribution in [-0.2, 0) is 4.74 Å². The molecular weight excluding hydrogens is 298 g/mol. The summed E-state index contributed by atoms with van der Waals surface area (Å²) >= 11 is 0. The summed E-state index contributed by atoms with van der Waals surface area (Å²) in [5.74, 6) is 0.759. The first-order valence-corrected chi connectivity index (χ1v) is 8.17. The number of carbonyl (C=O) groups is 1. The van der Waals surface area contributed by atoms with Gasteiger partial charge in [-0.2, -0.15) is 5.10 Å². The monoisotopic (exact) mass is 321 g/mol. The minimum absolute atomic E-state index is 0.0340. The molecule has 1 aromatic heterocycles. The van der Waals surface area contributed by atoms with Crippen molar-refractivity contribution in [3.05, 3.63) is 22.5 Å². The number of aromatic amines is 1. The number of H-pyrrole nitrogens is 1. The molecule has 0 radical (unpaired) electrons. The van der Waals surface area contributed by atoms with Crippen LogP contribution in [-0.4, -0.2) is 66.6 Å². The summed E-state index contributed by atoms with van der Waals surface area (Å²) < 4.78 is 5.26. The Labute approximate surface area is 134 Å². The van der Waals surface area contributed by atoms with Gasteiger partial charge in [-0.15, -0.1) is 0 Å². The number of piperidine rings is 1. The van der Waals surface area contributed by atoms with Crippen molar-refractivity contribution in [3.8, 4) is 0 Å². The van der Waals surface area contributed by atoms with Gasteiger partial charge in [-0.05, 0) is 25.3 Å². The zero-order valence-electron chi connectivity index (χ0n) is 13.2. The maximum Gasteiger partial charge on any atom is 0.317 e. The van der Waals surface area contributed by atoms with E-state index in [2.05, 4.69) is 20.4 Å². The number of rotatable bonds is 3. The van der Waals surface area contributed by atoms with Crippen molar-refractivity contribution in [1.82, 2.24) is 20.4 Å². The van der Waals surface area contributed by atoms with Crippen LogP contribution in [0.25, 0.3) is 0 Å². The van der Waals surface area contributed by atoms with E-state index in [0.29, 0.717) is 32.8 Å². The fourth-order valence-electron chi connectivity index (χ4n) is 3.09. The summed E-state index contributed by atoms with van der Waals surface area (Å²) in [5, 5.41) is 9.62. The van der Waals surface area contributed by atoms with E-state index in [1.54, 1.807) is 11.0 Å². The Balaban J connectivity index is 1.59. The largest absolute Gasteiger partial charge is 0.378 e. The number of nitrogens with zero attached hydrogens (tertiary/aromatic N) is 3. The smallest absolute Gasteiger partial charge is 0.317 e. The molecule has 0 saturated carbocycles. The van der Waals surface area contributed by atoms with Gasteiger partial charge in [0.25, 0.3) is 5.56 Å². The van der Waals surface area contributed by atoms with E-state index in [4.69, 9.17) is 4.74 Å². The number of hydrogen-bond acceptors (Lipinski definition) is 5. The molecule has 0 aromatic carbocycles. The second kappa shape index (κ2) is 7.45. The van der Waals surface area contributed by atoms with Gasteiger partial charge >= 0.3 is 6.03 Å². The zero-order valence-corrected chi connectivity index (χ0v) is 13.2. The highest BCUT2D eigenvalue weighted by atomic mass is 16.5. The lowest BCUT2D eigenvalue weighted by molar-refractivity contribution is 0.0531. The molecule has 3 heterocycles. The predicted molar refractivity (Wildman–Crippen MR) is 85.6 cm³/mol. The molecule has 8 heteroatoms. The fourth-order valence-corrected chi connectivity index (χ4v) is 3.09. The molecule has 2 N–H and O–H groups in total. The summed E-state index contributed by atoms with van der Waals surface area (Å²) in [6.45, 7) is 3.95. The van der Waals surface area contributed by atoms with Crippen LogP contribution in [0.4, 0.5) is 10.6 Å². The number of anilines is 1. The third kappa shape index (κ3) is 4.01. The van der Waals surface area contributed by atoms with E-state index >= 15 is 0 Å². The normalized spacial score (nSPS) is 22.0. The highest BCUT2D eigenvalue weighted by Crippen LogP contribution is 2.21. The lowest BCUT2D eigenvalue weighted by atomic mass is 10.0. The van der Waals surface area contributed by atoms with Gasteiger partial charge in [0.05, 0.1) is 13.2 Å². The Morgan fingerprint density at radius 3 is 2.87 bits per heavy atom. The van der Waals surface area contributed by atoms with E-state index in [1.807, 2.05) is 0 Å². The molecule has 1 atom stereocenters. The van der Waals surface area contributed by atoms with Gasteiger partial charge in [-0.25, -0.2) is 9.89 Å². The van der Waals surface area contributed by atoms with E-state index in [-0.39, 0.29) is 17.6 Å². The SMILES string of the molecule is O=C(NCC1CCCCN1c1ccc(=O)[nH]n1)N1CCOCC1. The van der Waals surface area contributed by atoms with E-state index < -0.39 is 0 Å². The number of hydrogen-bond donors (Lipinski definition) is 2. The Hall–Kier alpha value is -2.09. The second-order valence-corrected chi connectivity index (χ2v) is 5.91. The number of ether oxygens (including phenoxy) is 1. The molecule has 2 fully saturated rings. The molecule has 8 nitrogen and oxygen atoms in total. The molecule has 2 saturated heterocycles. The molecule has 3 rings (SSSR count). The van der Waals surface area contributed by atoms with Crippen molar-refractivity contribution in [3.63, 3.8) is 0 Å². The second-order valence-electron chi connectivity index (χ2n) is 5.91. The number of amides is 2. The first-order chi connectivity index (χ1) is 11.2. The van der Waals surface area contributed by atoms with Gasteiger partial charge < -0.3 is 19.9 Å². The standard InChI is InChI=1S/C15H23N5O3/c21-14-5-4-13(17-18-14)20-6-2-1-3-12(20)11-16-15(22)19-7-9-23-10-8-19/h4-5,12H,1-3,6-11H2,(H,16,22)(H,18,21). The van der Waals surface area contributed by atoms with E-state index in [9.17, 15) is 9.59 Å². The lowest BCUT2D eigenvalue weighted by Gasteiger charge is -2.37. The van der Waals surface area contributed by atoms with Crippen LogP contribution < -0.4 is 15.8 Å². The topological polar surface area (TPSA) is 90.6 Å². The van der Waals surface area contributed by atoms with Crippen LogP contribution in [0.3, 0.4) is 0 Å². The average molecular weight is 321 g/mol. The number of morpholine rings is 1. The maximum absolute atomic E-state index is 12.2. The van der Waals surface area contributed by atoms with Gasteiger partial charge in [0.15, 0.2) is 0 Å². The van der Waals surface area contributed by atoms with Gasteiger partial charge in [0, 0.05) is 38.3 Å². The number of nitrogens with one attached hydrogen (secondary N) is 2. The number of aromatic nitrogens is 2. The molecule has 0 spiro atoms. The summed E-state index contributed by atoms with van der Waals surface area (Å²) in [5.41, 5.74) is -0.206. The maximum atomic E-state index is 12.2. The Morgan fingerprint density at radius 1 is 1.30 bits per heavy atom.